The molecule has 6 rings (SSSR count). The Kier molecular flexibility index (Phi) is 7.08. The summed E-state index contributed by atoms with van der Waals surface area (Å²) in [6, 6.07) is 49.9. The summed E-state index contributed by atoms with van der Waals surface area (Å²) in [7, 11) is 0. The van der Waals surface area contributed by atoms with Crippen molar-refractivity contribution in [2.24, 2.45) is 0 Å². The molecule has 0 atom stereocenters. The highest BCUT2D eigenvalue weighted by Crippen LogP contribution is 2.33. The number of pyridine rings is 1. The molecule has 0 fully saturated rings. The maximum absolute atomic E-state index is 5.44. The van der Waals surface area contributed by atoms with E-state index in [0.29, 0.717) is 0 Å². The summed E-state index contributed by atoms with van der Waals surface area (Å²) in [5.74, 6) is 0. The second-order valence-corrected chi connectivity index (χ2v) is 9.97. The zero-order chi connectivity index (χ0) is 25.6. The molecule has 5 aromatic carbocycles. The van der Waals surface area contributed by atoms with E-state index in [2.05, 4.69) is 140 Å². The molecule has 0 saturated carbocycles. The topological polar surface area (TPSA) is 12.9 Å². The van der Waals surface area contributed by atoms with Gasteiger partial charge in [-0.25, -0.2) is 0 Å². The third-order valence-corrected chi connectivity index (χ3v) is 7.27. The average molecular weight is 490 g/mol. The average Bonchev–Trinajstić information content (AvgIpc) is 2.97. The van der Waals surface area contributed by atoms with E-state index in [9.17, 15) is 0 Å². The van der Waals surface area contributed by atoms with Gasteiger partial charge in [0, 0.05) is 23.9 Å². The van der Waals surface area contributed by atoms with Crippen molar-refractivity contribution in [1.82, 2.24) is 4.98 Å². The third kappa shape index (κ3) is 5.43. The Morgan fingerprint density at radius 3 is 1.34 bits per heavy atom. The lowest BCUT2D eigenvalue weighted by atomic mass is 9.88. The number of hydrogen-bond acceptors (Lipinski definition) is 1. The van der Waals surface area contributed by atoms with Gasteiger partial charge in [0.1, 0.15) is 0 Å². The molecule has 0 spiro atoms. The molecule has 0 amide bonds. The zero-order valence-corrected chi connectivity index (χ0v) is 21.6. The molecular formula is C37H31N. The highest BCUT2D eigenvalue weighted by molar-refractivity contribution is 5.92. The minimum atomic E-state index is 0.819. The van der Waals surface area contributed by atoms with Crippen molar-refractivity contribution >= 4 is 10.8 Å². The van der Waals surface area contributed by atoms with Crippen molar-refractivity contribution in [1.29, 1.82) is 0 Å². The Labute approximate surface area is 225 Å². The summed E-state index contributed by atoms with van der Waals surface area (Å²) in [5.41, 5.74) is 10.3. The number of aromatic nitrogens is 1. The SMILES string of the molecule is c1ccc(Cc2nc(Cc3ccccc3)c3cccc(Cc4ccccc4)c3c2Cc2ccccc2)cc1. The van der Waals surface area contributed by atoms with Gasteiger partial charge < -0.3 is 0 Å². The van der Waals surface area contributed by atoms with Crippen LogP contribution in [0.3, 0.4) is 0 Å². The Morgan fingerprint density at radius 2 is 0.816 bits per heavy atom. The molecule has 0 radical (unpaired) electrons. The smallest absolute Gasteiger partial charge is 0.0529 e. The van der Waals surface area contributed by atoms with Crippen LogP contribution in [0.15, 0.2) is 140 Å². The van der Waals surface area contributed by atoms with Crippen molar-refractivity contribution in [2.45, 2.75) is 25.7 Å². The summed E-state index contributed by atoms with van der Waals surface area (Å²) in [4.78, 5) is 5.44. The first-order chi connectivity index (χ1) is 18.8. The molecule has 1 aromatic heterocycles. The van der Waals surface area contributed by atoms with Crippen LogP contribution in [-0.4, -0.2) is 4.98 Å². The molecule has 38 heavy (non-hydrogen) atoms. The molecule has 0 bridgehead atoms. The van der Waals surface area contributed by atoms with E-state index >= 15 is 0 Å². The van der Waals surface area contributed by atoms with Gasteiger partial charge in [-0.3, -0.25) is 4.98 Å². The van der Waals surface area contributed by atoms with Crippen LogP contribution in [0, 0.1) is 0 Å². The first-order valence-electron chi connectivity index (χ1n) is 13.4. The molecule has 0 saturated heterocycles. The number of benzene rings is 5. The molecule has 0 aliphatic heterocycles. The summed E-state index contributed by atoms with van der Waals surface area (Å²) in [6.07, 6.45) is 3.41. The van der Waals surface area contributed by atoms with Gasteiger partial charge in [-0.2, -0.15) is 0 Å². The van der Waals surface area contributed by atoms with Crippen LogP contribution in [-0.2, 0) is 25.7 Å². The third-order valence-electron chi connectivity index (χ3n) is 7.27. The van der Waals surface area contributed by atoms with Crippen LogP contribution in [0.25, 0.3) is 10.8 Å². The van der Waals surface area contributed by atoms with Crippen molar-refractivity contribution in [3.05, 3.63) is 184 Å². The van der Waals surface area contributed by atoms with Crippen LogP contribution in [0.2, 0.25) is 0 Å². The molecular weight excluding hydrogens is 458 g/mol. The number of nitrogens with zero attached hydrogens (tertiary/aromatic N) is 1. The van der Waals surface area contributed by atoms with Crippen LogP contribution in [0.4, 0.5) is 0 Å². The van der Waals surface area contributed by atoms with Crippen molar-refractivity contribution < 1.29 is 0 Å². The first-order valence-corrected chi connectivity index (χ1v) is 13.4. The van der Waals surface area contributed by atoms with Gasteiger partial charge in [-0.15, -0.1) is 0 Å². The fourth-order valence-corrected chi connectivity index (χ4v) is 5.44. The fraction of sp³-hybridized carbons (Fsp3) is 0.108. The second kappa shape index (κ2) is 11.3. The van der Waals surface area contributed by atoms with Gasteiger partial charge in [0.05, 0.1) is 5.69 Å². The summed E-state index contributed by atoms with van der Waals surface area (Å²) in [5, 5.41) is 2.64. The minimum Gasteiger partial charge on any atom is -0.256 e. The highest BCUT2D eigenvalue weighted by Gasteiger charge is 2.18. The lowest BCUT2D eigenvalue weighted by Gasteiger charge is -2.19. The van der Waals surface area contributed by atoms with Crippen molar-refractivity contribution in [3.8, 4) is 0 Å². The van der Waals surface area contributed by atoms with Crippen LogP contribution < -0.4 is 0 Å². The molecule has 184 valence electrons. The maximum Gasteiger partial charge on any atom is 0.0529 e. The second-order valence-electron chi connectivity index (χ2n) is 9.97. The first kappa shape index (κ1) is 23.9. The maximum atomic E-state index is 5.44. The molecule has 0 aliphatic carbocycles. The largest absolute Gasteiger partial charge is 0.256 e. The van der Waals surface area contributed by atoms with E-state index in [1.165, 1.54) is 49.8 Å². The van der Waals surface area contributed by atoms with E-state index in [4.69, 9.17) is 4.98 Å². The van der Waals surface area contributed by atoms with Crippen molar-refractivity contribution in [3.63, 3.8) is 0 Å². The number of rotatable bonds is 8. The van der Waals surface area contributed by atoms with Gasteiger partial charge in [-0.05, 0) is 51.6 Å². The lowest BCUT2D eigenvalue weighted by molar-refractivity contribution is 0.970. The van der Waals surface area contributed by atoms with E-state index < -0.39 is 0 Å². The van der Waals surface area contributed by atoms with E-state index in [-0.39, 0.29) is 0 Å². The normalized spacial score (nSPS) is 11.1. The standard InChI is InChI=1S/C37H31N/c1-5-14-28(15-6-1)24-32-22-13-23-33-35(26-30-18-9-3-10-19-30)38-36(27-31-20-11-4-12-21-31)34(37(32)33)25-29-16-7-2-8-17-29/h1-23H,24-27H2. The predicted molar refractivity (Wildman–Crippen MR) is 159 cm³/mol. The van der Waals surface area contributed by atoms with Gasteiger partial charge in [0.15, 0.2) is 0 Å². The molecule has 0 unspecified atom stereocenters. The Bertz CT molecular complexity index is 1580. The monoisotopic (exact) mass is 489 g/mol. The number of fused-ring (bicyclic) bond motifs is 1. The van der Waals surface area contributed by atoms with Gasteiger partial charge >= 0.3 is 0 Å². The van der Waals surface area contributed by atoms with E-state index in [0.717, 1.165) is 31.4 Å². The van der Waals surface area contributed by atoms with E-state index in [1.54, 1.807) is 0 Å². The Morgan fingerprint density at radius 1 is 0.368 bits per heavy atom. The molecule has 1 nitrogen and oxygen atoms in total. The van der Waals surface area contributed by atoms with Crippen molar-refractivity contribution in [2.75, 3.05) is 0 Å². The van der Waals surface area contributed by atoms with E-state index in [1.807, 2.05) is 0 Å². The minimum absolute atomic E-state index is 0.819. The zero-order valence-electron chi connectivity index (χ0n) is 21.6. The van der Waals surface area contributed by atoms with Gasteiger partial charge in [0.25, 0.3) is 0 Å². The van der Waals surface area contributed by atoms with Gasteiger partial charge in [-0.1, -0.05) is 140 Å². The van der Waals surface area contributed by atoms with Gasteiger partial charge in [0.2, 0.25) is 0 Å². The summed E-state index contributed by atoms with van der Waals surface area (Å²) < 4.78 is 0. The molecule has 1 heteroatoms. The molecule has 6 aromatic rings. The Balaban J connectivity index is 1.58. The fourth-order valence-electron chi connectivity index (χ4n) is 5.44. The molecule has 0 aliphatic rings. The highest BCUT2D eigenvalue weighted by atomic mass is 14.7. The summed E-state index contributed by atoms with van der Waals surface area (Å²) >= 11 is 0. The Hall–Kier alpha value is -4.49. The quantitative estimate of drug-likeness (QED) is 0.209. The number of hydrogen-bond donors (Lipinski definition) is 0. The van der Waals surface area contributed by atoms with Crippen LogP contribution >= 0.6 is 0 Å². The van der Waals surface area contributed by atoms with Crippen LogP contribution in [0.1, 0.15) is 44.8 Å². The summed E-state index contributed by atoms with van der Waals surface area (Å²) in [6.45, 7) is 0. The lowest BCUT2D eigenvalue weighted by Crippen LogP contribution is -2.08. The molecule has 1 heterocycles. The predicted octanol–water partition coefficient (Wildman–Crippen LogP) is 8.60. The van der Waals surface area contributed by atoms with Crippen LogP contribution in [0.5, 0.6) is 0 Å². The molecule has 0 N–H and O–H groups in total.